The molecule has 0 radical (unpaired) electrons. The summed E-state index contributed by atoms with van der Waals surface area (Å²) in [4.78, 5) is 11.4. The average Bonchev–Trinajstić information content (AvgIpc) is 2.24. The van der Waals surface area contributed by atoms with Gasteiger partial charge in [0.15, 0.2) is 0 Å². The molecule has 5 heteroatoms. The summed E-state index contributed by atoms with van der Waals surface area (Å²) in [7, 11) is 1.64. The van der Waals surface area contributed by atoms with Crippen LogP contribution in [-0.2, 0) is 14.3 Å². The Morgan fingerprint density at radius 3 is 2.47 bits per heavy atom. The lowest BCUT2D eigenvalue weighted by Crippen LogP contribution is -2.43. The number of nitrogens with one attached hydrogen (secondary N) is 2. The van der Waals surface area contributed by atoms with Gasteiger partial charge in [0.05, 0.1) is 19.8 Å². The van der Waals surface area contributed by atoms with Crippen molar-refractivity contribution in [1.29, 1.82) is 0 Å². The molecule has 1 amide bonds. The minimum absolute atomic E-state index is 0.0248. The summed E-state index contributed by atoms with van der Waals surface area (Å²) in [6.07, 6.45) is 0.824. The topological polar surface area (TPSA) is 59.6 Å². The molecule has 0 rings (SSSR count). The van der Waals surface area contributed by atoms with Gasteiger partial charge < -0.3 is 20.1 Å². The van der Waals surface area contributed by atoms with Crippen molar-refractivity contribution in [2.75, 3.05) is 40.0 Å². The van der Waals surface area contributed by atoms with E-state index in [1.54, 1.807) is 7.11 Å². The van der Waals surface area contributed by atoms with E-state index in [1.807, 2.05) is 20.8 Å². The fraction of sp³-hybridized carbons (Fsp3) is 0.917. The van der Waals surface area contributed by atoms with Gasteiger partial charge in [-0.15, -0.1) is 0 Å². The van der Waals surface area contributed by atoms with E-state index in [9.17, 15) is 4.79 Å². The highest BCUT2D eigenvalue weighted by Crippen LogP contribution is 1.96. The van der Waals surface area contributed by atoms with Crippen LogP contribution in [0.3, 0.4) is 0 Å². The lowest BCUT2D eigenvalue weighted by molar-refractivity contribution is -0.120. The fourth-order valence-electron chi connectivity index (χ4n) is 1.05. The van der Waals surface area contributed by atoms with Gasteiger partial charge in [-0.1, -0.05) is 0 Å². The highest BCUT2D eigenvalue weighted by molar-refractivity contribution is 5.78. The number of hydrogen-bond acceptors (Lipinski definition) is 4. The van der Waals surface area contributed by atoms with E-state index in [2.05, 4.69) is 10.6 Å². The van der Waals surface area contributed by atoms with E-state index in [1.165, 1.54) is 0 Å². The molecule has 0 fully saturated rings. The van der Waals surface area contributed by atoms with Crippen LogP contribution in [0, 0.1) is 0 Å². The second-order valence-electron chi connectivity index (χ2n) is 4.91. The summed E-state index contributed by atoms with van der Waals surface area (Å²) in [5, 5.41) is 5.96. The largest absolute Gasteiger partial charge is 0.382 e. The minimum atomic E-state index is -0.0272. The lowest BCUT2D eigenvalue weighted by Gasteiger charge is -2.19. The Labute approximate surface area is 104 Å². The number of rotatable bonds is 9. The van der Waals surface area contributed by atoms with Crippen LogP contribution in [0.4, 0.5) is 0 Å². The summed E-state index contributed by atoms with van der Waals surface area (Å²) < 4.78 is 10.1. The van der Waals surface area contributed by atoms with Crippen LogP contribution in [0.15, 0.2) is 0 Å². The molecule has 0 bridgehead atoms. The van der Waals surface area contributed by atoms with Gasteiger partial charge in [-0.3, -0.25) is 4.79 Å². The summed E-state index contributed by atoms with van der Waals surface area (Å²) in [5.41, 5.74) is -0.0272. The summed E-state index contributed by atoms with van der Waals surface area (Å²) >= 11 is 0. The molecule has 0 saturated carbocycles. The molecule has 17 heavy (non-hydrogen) atoms. The maximum atomic E-state index is 11.4. The molecule has 0 unspecified atom stereocenters. The third-order valence-electron chi connectivity index (χ3n) is 2.00. The molecule has 0 aromatic carbocycles. The Hall–Kier alpha value is -0.650. The molecule has 0 atom stereocenters. The van der Waals surface area contributed by atoms with Gasteiger partial charge in [-0.2, -0.15) is 0 Å². The Kier molecular flexibility index (Phi) is 9.03. The summed E-state index contributed by atoms with van der Waals surface area (Å²) in [6, 6.07) is 0. The minimum Gasteiger partial charge on any atom is -0.382 e. The SMILES string of the molecule is COCCOCCCNC(=O)CNC(C)(C)C. The van der Waals surface area contributed by atoms with E-state index < -0.39 is 0 Å². The van der Waals surface area contributed by atoms with Crippen LogP contribution in [0.5, 0.6) is 0 Å². The summed E-state index contributed by atoms with van der Waals surface area (Å²) in [6.45, 7) is 8.97. The second kappa shape index (κ2) is 9.39. The van der Waals surface area contributed by atoms with E-state index in [-0.39, 0.29) is 11.4 Å². The van der Waals surface area contributed by atoms with E-state index in [4.69, 9.17) is 9.47 Å². The summed E-state index contributed by atoms with van der Waals surface area (Å²) in [5.74, 6) is 0.0248. The van der Waals surface area contributed by atoms with Crippen LogP contribution in [0.1, 0.15) is 27.2 Å². The lowest BCUT2D eigenvalue weighted by atomic mass is 10.1. The van der Waals surface area contributed by atoms with Gasteiger partial charge in [-0.25, -0.2) is 0 Å². The van der Waals surface area contributed by atoms with Crippen LogP contribution in [0.2, 0.25) is 0 Å². The molecule has 102 valence electrons. The zero-order valence-corrected chi connectivity index (χ0v) is 11.5. The molecule has 0 aromatic heterocycles. The van der Waals surface area contributed by atoms with Crippen LogP contribution in [0.25, 0.3) is 0 Å². The normalized spacial score (nSPS) is 11.5. The van der Waals surface area contributed by atoms with Crippen molar-refractivity contribution in [2.45, 2.75) is 32.7 Å². The predicted octanol–water partition coefficient (Wildman–Crippen LogP) is 0.544. The number of carbonyl (C=O) groups excluding carboxylic acids is 1. The van der Waals surface area contributed by atoms with Gasteiger partial charge in [0.1, 0.15) is 0 Å². The quantitative estimate of drug-likeness (QED) is 0.583. The predicted molar refractivity (Wildman–Crippen MR) is 68.1 cm³/mol. The van der Waals surface area contributed by atoms with Crippen LogP contribution >= 0.6 is 0 Å². The van der Waals surface area contributed by atoms with Crippen molar-refractivity contribution in [1.82, 2.24) is 10.6 Å². The first-order valence-corrected chi connectivity index (χ1v) is 6.04. The second-order valence-corrected chi connectivity index (χ2v) is 4.91. The molecule has 0 spiro atoms. The fourth-order valence-corrected chi connectivity index (χ4v) is 1.05. The van der Waals surface area contributed by atoms with E-state index >= 15 is 0 Å². The standard InChI is InChI=1S/C12H26N2O3/c1-12(2,3)14-10-11(15)13-6-5-7-17-9-8-16-4/h14H,5-10H2,1-4H3,(H,13,15). The first-order valence-electron chi connectivity index (χ1n) is 6.04. The van der Waals surface area contributed by atoms with Crippen LogP contribution in [-0.4, -0.2) is 51.5 Å². The Morgan fingerprint density at radius 1 is 1.18 bits per heavy atom. The van der Waals surface area contributed by atoms with Crippen molar-refractivity contribution in [3.63, 3.8) is 0 Å². The molecule has 0 aliphatic rings. The van der Waals surface area contributed by atoms with Crippen molar-refractivity contribution in [2.24, 2.45) is 0 Å². The monoisotopic (exact) mass is 246 g/mol. The molecule has 2 N–H and O–H groups in total. The smallest absolute Gasteiger partial charge is 0.233 e. The van der Waals surface area contributed by atoms with Crippen molar-refractivity contribution in [3.05, 3.63) is 0 Å². The van der Waals surface area contributed by atoms with Gasteiger partial charge in [0, 0.05) is 25.8 Å². The van der Waals surface area contributed by atoms with E-state index in [0.29, 0.717) is 32.9 Å². The van der Waals surface area contributed by atoms with Crippen LogP contribution < -0.4 is 10.6 Å². The average molecular weight is 246 g/mol. The van der Waals surface area contributed by atoms with Gasteiger partial charge in [0.2, 0.25) is 5.91 Å². The maximum absolute atomic E-state index is 11.4. The zero-order valence-electron chi connectivity index (χ0n) is 11.5. The molecule has 0 aliphatic heterocycles. The molecule has 0 heterocycles. The molecule has 0 saturated heterocycles. The first-order chi connectivity index (χ1) is 7.95. The van der Waals surface area contributed by atoms with Gasteiger partial charge >= 0.3 is 0 Å². The van der Waals surface area contributed by atoms with Crippen molar-refractivity contribution < 1.29 is 14.3 Å². The van der Waals surface area contributed by atoms with Gasteiger partial charge in [0.25, 0.3) is 0 Å². The third-order valence-corrected chi connectivity index (χ3v) is 2.00. The number of amides is 1. The highest BCUT2D eigenvalue weighted by atomic mass is 16.5. The number of hydrogen-bond donors (Lipinski definition) is 2. The van der Waals surface area contributed by atoms with Gasteiger partial charge in [-0.05, 0) is 27.2 Å². The number of ether oxygens (including phenoxy) is 2. The van der Waals surface area contributed by atoms with Crippen molar-refractivity contribution >= 4 is 5.91 Å². The molecular formula is C12H26N2O3. The third kappa shape index (κ3) is 13.3. The van der Waals surface area contributed by atoms with E-state index in [0.717, 1.165) is 6.42 Å². The Morgan fingerprint density at radius 2 is 1.88 bits per heavy atom. The molecule has 5 nitrogen and oxygen atoms in total. The highest BCUT2D eigenvalue weighted by Gasteiger charge is 2.10. The Balaban J connectivity index is 3.28. The molecule has 0 aromatic rings. The Bertz CT molecular complexity index is 202. The molecule has 0 aliphatic carbocycles. The van der Waals surface area contributed by atoms with Crippen molar-refractivity contribution in [3.8, 4) is 0 Å². The number of methoxy groups -OCH3 is 1. The maximum Gasteiger partial charge on any atom is 0.233 e. The zero-order chi connectivity index (χ0) is 13.1. The number of carbonyl (C=O) groups is 1. The first kappa shape index (κ1) is 16.4. The molecular weight excluding hydrogens is 220 g/mol.